The largest absolute Gasteiger partial charge is 0.380 e. The number of nitro benzene ring substituents is 1. The molecule has 0 spiro atoms. The van der Waals surface area contributed by atoms with E-state index in [0.717, 1.165) is 19.4 Å². The predicted octanol–water partition coefficient (Wildman–Crippen LogP) is 3.01. The fourth-order valence-corrected chi connectivity index (χ4v) is 2.53. The van der Waals surface area contributed by atoms with Crippen molar-refractivity contribution >= 4 is 17.1 Å². The van der Waals surface area contributed by atoms with Gasteiger partial charge in [-0.25, -0.2) is 0 Å². The minimum atomic E-state index is -0.340. The highest BCUT2D eigenvalue weighted by Crippen LogP contribution is 2.35. The summed E-state index contributed by atoms with van der Waals surface area (Å²) in [6.45, 7) is 5.92. The van der Waals surface area contributed by atoms with Gasteiger partial charge in [0.15, 0.2) is 0 Å². The molecular formula is C14H21N3O3. The first kappa shape index (κ1) is 14.6. The van der Waals surface area contributed by atoms with Gasteiger partial charge in [0.05, 0.1) is 17.1 Å². The van der Waals surface area contributed by atoms with E-state index in [1.807, 2.05) is 19.9 Å². The van der Waals surface area contributed by atoms with Crippen LogP contribution in [0.15, 0.2) is 18.2 Å². The van der Waals surface area contributed by atoms with Crippen LogP contribution in [0.3, 0.4) is 0 Å². The second kappa shape index (κ2) is 6.09. The Morgan fingerprint density at radius 2 is 2.20 bits per heavy atom. The van der Waals surface area contributed by atoms with E-state index in [4.69, 9.17) is 4.74 Å². The van der Waals surface area contributed by atoms with Gasteiger partial charge in [-0.1, -0.05) is 6.07 Å². The van der Waals surface area contributed by atoms with Crippen molar-refractivity contribution < 1.29 is 9.66 Å². The van der Waals surface area contributed by atoms with Crippen LogP contribution >= 0.6 is 0 Å². The molecule has 6 nitrogen and oxygen atoms in total. The molecule has 1 fully saturated rings. The Bertz CT molecular complexity index is 485. The highest BCUT2D eigenvalue weighted by atomic mass is 16.6. The highest BCUT2D eigenvalue weighted by molar-refractivity contribution is 5.76. The number of nitrogens with zero attached hydrogens (tertiary/aromatic N) is 1. The molecule has 1 aromatic carbocycles. The Kier molecular flexibility index (Phi) is 4.44. The Morgan fingerprint density at radius 3 is 2.80 bits per heavy atom. The van der Waals surface area contributed by atoms with Gasteiger partial charge in [0.1, 0.15) is 11.4 Å². The van der Waals surface area contributed by atoms with Crippen molar-refractivity contribution in [2.24, 2.45) is 0 Å². The minimum Gasteiger partial charge on any atom is -0.380 e. The Hall–Kier alpha value is -1.82. The van der Waals surface area contributed by atoms with Gasteiger partial charge in [-0.05, 0) is 38.8 Å². The fraction of sp³-hybridized carbons (Fsp3) is 0.571. The monoisotopic (exact) mass is 279 g/mol. The van der Waals surface area contributed by atoms with Crippen LogP contribution in [-0.2, 0) is 4.74 Å². The highest BCUT2D eigenvalue weighted by Gasteiger charge is 2.30. The van der Waals surface area contributed by atoms with E-state index in [0.29, 0.717) is 24.5 Å². The third-order valence-corrected chi connectivity index (χ3v) is 3.46. The molecule has 1 aliphatic rings. The van der Waals surface area contributed by atoms with E-state index in [2.05, 4.69) is 10.6 Å². The zero-order chi connectivity index (χ0) is 14.6. The van der Waals surface area contributed by atoms with Gasteiger partial charge in [-0.15, -0.1) is 0 Å². The summed E-state index contributed by atoms with van der Waals surface area (Å²) in [5.74, 6) is 0. The molecule has 0 bridgehead atoms. The predicted molar refractivity (Wildman–Crippen MR) is 79.3 cm³/mol. The SMILES string of the molecule is CCNc1cccc(NC2(C)CCCOC2)c1[N+](=O)[O-]. The van der Waals surface area contributed by atoms with E-state index in [-0.39, 0.29) is 16.1 Å². The molecule has 20 heavy (non-hydrogen) atoms. The maximum absolute atomic E-state index is 11.4. The molecular weight excluding hydrogens is 258 g/mol. The van der Waals surface area contributed by atoms with Crippen LogP contribution in [0.25, 0.3) is 0 Å². The van der Waals surface area contributed by atoms with Crippen molar-refractivity contribution in [3.63, 3.8) is 0 Å². The normalized spacial score (nSPS) is 22.3. The molecule has 0 aliphatic carbocycles. The van der Waals surface area contributed by atoms with Crippen molar-refractivity contribution in [3.8, 4) is 0 Å². The van der Waals surface area contributed by atoms with Crippen molar-refractivity contribution in [2.75, 3.05) is 30.4 Å². The van der Waals surface area contributed by atoms with Crippen molar-refractivity contribution in [1.29, 1.82) is 0 Å². The smallest absolute Gasteiger partial charge is 0.315 e. The number of nitrogens with one attached hydrogen (secondary N) is 2. The minimum absolute atomic E-state index is 0.0983. The lowest BCUT2D eigenvalue weighted by atomic mass is 9.94. The summed E-state index contributed by atoms with van der Waals surface area (Å²) in [7, 11) is 0. The summed E-state index contributed by atoms with van der Waals surface area (Å²) in [5, 5.41) is 17.7. The van der Waals surface area contributed by atoms with Gasteiger partial charge < -0.3 is 15.4 Å². The van der Waals surface area contributed by atoms with Crippen LogP contribution in [0.5, 0.6) is 0 Å². The number of para-hydroxylation sites is 1. The summed E-state index contributed by atoms with van der Waals surface area (Å²) in [4.78, 5) is 11.0. The topological polar surface area (TPSA) is 76.4 Å². The van der Waals surface area contributed by atoms with Gasteiger partial charge in [0.2, 0.25) is 0 Å². The number of benzene rings is 1. The molecule has 1 aliphatic heterocycles. The zero-order valence-corrected chi connectivity index (χ0v) is 11.9. The molecule has 1 aromatic rings. The Morgan fingerprint density at radius 1 is 1.45 bits per heavy atom. The second-order valence-electron chi connectivity index (χ2n) is 5.33. The maximum Gasteiger partial charge on any atom is 0.315 e. The summed E-state index contributed by atoms with van der Waals surface area (Å²) in [6, 6.07) is 5.30. The van der Waals surface area contributed by atoms with Crippen LogP contribution in [0.1, 0.15) is 26.7 Å². The molecule has 0 amide bonds. The number of ether oxygens (including phenoxy) is 1. The van der Waals surface area contributed by atoms with Crippen LogP contribution < -0.4 is 10.6 Å². The number of hydrogen-bond donors (Lipinski definition) is 2. The quantitative estimate of drug-likeness (QED) is 0.640. The van der Waals surface area contributed by atoms with Crippen molar-refractivity contribution in [3.05, 3.63) is 28.3 Å². The van der Waals surface area contributed by atoms with Crippen LogP contribution in [0.4, 0.5) is 17.1 Å². The number of rotatable bonds is 5. The lowest BCUT2D eigenvalue weighted by Gasteiger charge is -2.35. The van der Waals surface area contributed by atoms with Crippen LogP contribution in [0, 0.1) is 10.1 Å². The molecule has 0 radical (unpaired) electrons. The molecule has 2 rings (SSSR count). The Balaban J connectivity index is 2.30. The molecule has 1 atom stereocenters. The lowest BCUT2D eigenvalue weighted by Crippen LogP contribution is -2.43. The van der Waals surface area contributed by atoms with Gasteiger partial charge in [-0.2, -0.15) is 0 Å². The summed E-state index contributed by atoms with van der Waals surface area (Å²) >= 11 is 0. The van der Waals surface area contributed by atoms with E-state index in [1.165, 1.54) is 0 Å². The van der Waals surface area contributed by atoms with E-state index in [9.17, 15) is 10.1 Å². The molecule has 1 unspecified atom stereocenters. The number of nitro groups is 1. The second-order valence-corrected chi connectivity index (χ2v) is 5.33. The van der Waals surface area contributed by atoms with E-state index in [1.54, 1.807) is 12.1 Å². The first-order chi connectivity index (χ1) is 9.56. The van der Waals surface area contributed by atoms with Gasteiger partial charge in [-0.3, -0.25) is 10.1 Å². The van der Waals surface area contributed by atoms with E-state index < -0.39 is 0 Å². The van der Waals surface area contributed by atoms with Crippen LogP contribution in [0.2, 0.25) is 0 Å². The van der Waals surface area contributed by atoms with Crippen molar-refractivity contribution in [1.82, 2.24) is 0 Å². The number of anilines is 2. The molecule has 0 saturated carbocycles. The fourth-order valence-electron chi connectivity index (χ4n) is 2.53. The average molecular weight is 279 g/mol. The Labute approximate surface area is 118 Å². The zero-order valence-electron chi connectivity index (χ0n) is 11.9. The molecule has 1 heterocycles. The first-order valence-electron chi connectivity index (χ1n) is 6.93. The van der Waals surface area contributed by atoms with Crippen LogP contribution in [-0.4, -0.2) is 30.2 Å². The third kappa shape index (κ3) is 3.19. The molecule has 110 valence electrons. The summed E-state index contributed by atoms with van der Waals surface area (Å²) < 4.78 is 5.49. The first-order valence-corrected chi connectivity index (χ1v) is 6.93. The molecule has 2 N–H and O–H groups in total. The van der Waals surface area contributed by atoms with Gasteiger partial charge in [0.25, 0.3) is 0 Å². The standard InChI is InChI=1S/C14H21N3O3/c1-3-15-11-6-4-7-12(13(11)17(18)19)16-14(2)8-5-9-20-10-14/h4,6-7,15-16H,3,5,8-10H2,1-2H3. The lowest BCUT2D eigenvalue weighted by molar-refractivity contribution is -0.383. The molecule has 6 heteroatoms. The van der Waals surface area contributed by atoms with Gasteiger partial charge >= 0.3 is 5.69 Å². The molecule has 1 saturated heterocycles. The van der Waals surface area contributed by atoms with Gasteiger partial charge in [0, 0.05) is 13.2 Å². The summed E-state index contributed by atoms with van der Waals surface area (Å²) in [5.41, 5.74) is 0.929. The average Bonchev–Trinajstić information content (AvgIpc) is 2.39. The van der Waals surface area contributed by atoms with E-state index >= 15 is 0 Å². The maximum atomic E-state index is 11.4. The number of hydrogen-bond acceptors (Lipinski definition) is 5. The summed E-state index contributed by atoms with van der Waals surface area (Å²) in [6.07, 6.45) is 1.90. The van der Waals surface area contributed by atoms with Crippen molar-refractivity contribution in [2.45, 2.75) is 32.2 Å². The third-order valence-electron chi connectivity index (χ3n) is 3.46. The molecule has 0 aromatic heterocycles.